The van der Waals surface area contributed by atoms with Gasteiger partial charge in [0.05, 0.1) is 0 Å². The molecule has 0 unspecified atom stereocenters. The van der Waals surface area contributed by atoms with E-state index in [1.54, 1.807) is 0 Å². The predicted octanol–water partition coefficient (Wildman–Crippen LogP) is 6.13. The SMILES string of the molecule is Cc1ccc(COc2ccc(CCCCCN)cc2OCc2ccc(C)cc2)cc1. The fourth-order valence-corrected chi connectivity index (χ4v) is 3.28. The minimum atomic E-state index is 0.525. The molecular formula is C27H33NO2. The maximum atomic E-state index is 6.19. The van der Waals surface area contributed by atoms with Crippen LogP contribution in [-0.2, 0) is 19.6 Å². The Morgan fingerprint density at radius 1 is 0.600 bits per heavy atom. The van der Waals surface area contributed by atoms with E-state index in [2.05, 4.69) is 74.5 Å². The first kappa shape index (κ1) is 21.9. The number of aryl methyl sites for hydroxylation is 3. The topological polar surface area (TPSA) is 44.5 Å². The number of hydrogen-bond acceptors (Lipinski definition) is 3. The van der Waals surface area contributed by atoms with E-state index in [0.29, 0.717) is 13.2 Å². The van der Waals surface area contributed by atoms with Gasteiger partial charge in [0.15, 0.2) is 11.5 Å². The van der Waals surface area contributed by atoms with Crippen molar-refractivity contribution in [3.63, 3.8) is 0 Å². The number of rotatable bonds is 11. The molecule has 0 amide bonds. The summed E-state index contributed by atoms with van der Waals surface area (Å²) < 4.78 is 12.3. The molecule has 3 aromatic rings. The summed E-state index contributed by atoms with van der Waals surface area (Å²) in [5, 5.41) is 0. The standard InChI is InChI=1S/C27H33NO2/c1-21-7-11-24(12-8-21)19-29-26-16-15-23(6-4-3-5-17-28)18-27(26)30-20-25-13-9-22(2)10-14-25/h7-16,18H,3-6,17,19-20,28H2,1-2H3. The van der Waals surface area contributed by atoms with Crippen LogP contribution in [0.25, 0.3) is 0 Å². The molecule has 158 valence electrons. The largest absolute Gasteiger partial charge is 0.485 e. The first-order valence-corrected chi connectivity index (χ1v) is 10.8. The molecule has 0 spiro atoms. The summed E-state index contributed by atoms with van der Waals surface area (Å²) in [6, 6.07) is 23.2. The summed E-state index contributed by atoms with van der Waals surface area (Å²) in [6.07, 6.45) is 4.40. The lowest BCUT2D eigenvalue weighted by Gasteiger charge is -2.15. The first-order chi connectivity index (χ1) is 14.6. The Kier molecular flexibility index (Phi) is 8.34. The average molecular weight is 404 g/mol. The van der Waals surface area contributed by atoms with E-state index >= 15 is 0 Å². The van der Waals surface area contributed by atoms with Gasteiger partial charge in [-0.1, -0.05) is 72.1 Å². The summed E-state index contributed by atoms with van der Waals surface area (Å²) in [4.78, 5) is 0. The van der Waals surface area contributed by atoms with Crippen LogP contribution in [0.4, 0.5) is 0 Å². The lowest BCUT2D eigenvalue weighted by molar-refractivity contribution is 0.255. The van der Waals surface area contributed by atoms with Gasteiger partial charge in [-0.05, 0) is 68.5 Å². The van der Waals surface area contributed by atoms with Crippen LogP contribution in [0.2, 0.25) is 0 Å². The molecule has 0 saturated heterocycles. The minimum Gasteiger partial charge on any atom is -0.485 e. The second-order valence-electron chi connectivity index (χ2n) is 7.93. The summed E-state index contributed by atoms with van der Waals surface area (Å²) in [5.74, 6) is 1.59. The summed E-state index contributed by atoms with van der Waals surface area (Å²) in [6.45, 7) is 6.00. The molecule has 30 heavy (non-hydrogen) atoms. The molecule has 0 aliphatic heterocycles. The molecule has 2 N–H and O–H groups in total. The number of benzene rings is 3. The number of unbranched alkanes of at least 4 members (excludes halogenated alkanes) is 2. The highest BCUT2D eigenvalue weighted by atomic mass is 16.5. The van der Waals surface area contributed by atoms with Crippen LogP contribution in [0.5, 0.6) is 11.5 Å². The Bertz CT molecular complexity index is 901. The number of ether oxygens (including phenoxy) is 2. The van der Waals surface area contributed by atoms with E-state index < -0.39 is 0 Å². The predicted molar refractivity (Wildman–Crippen MR) is 124 cm³/mol. The van der Waals surface area contributed by atoms with Gasteiger partial charge in [-0.25, -0.2) is 0 Å². The highest BCUT2D eigenvalue weighted by Gasteiger charge is 2.09. The van der Waals surface area contributed by atoms with Crippen LogP contribution < -0.4 is 15.2 Å². The highest BCUT2D eigenvalue weighted by molar-refractivity contribution is 5.43. The first-order valence-electron chi connectivity index (χ1n) is 10.8. The van der Waals surface area contributed by atoms with E-state index in [-0.39, 0.29) is 0 Å². The molecule has 3 heteroatoms. The summed E-state index contributed by atoms with van der Waals surface area (Å²) >= 11 is 0. The quantitative estimate of drug-likeness (QED) is 0.392. The van der Waals surface area contributed by atoms with Crippen molar-refractivity contribution in [3.8, 4) is 11.5 Å². The molecule has 3 aromatic carbocycles. The molecule has 0 radical (unpaired) electrons. The molecule has 0 aliphatic carbocycles. The Morgan fingerprint density at radius 3 is 1.70 bits per heavy atom. The Morgan fingerprint density at radius 2 is 1.13 bits per heavy atom. The zero-order valence-electron chi connectivity index (χ0n) is 18.2. The van der Waals surface area contributed by atoms with Crippen molar-refractivity contribution in [3.05, 3.63) is 94.5 Å². The molecule has 0 aliphatic rings. The third-order valence-electron chi connectivity index (χ3n) is 5.21. The number of hydrogen-bond donors (Lipinski definition) is 1. The molecule has 3 rings (SSSR count). The number of nitrogens with two attached hydrogens (primary N) is 1. The third-order valence-corrected chi connectivity index (χ3v) is 5.21. The third kappa shape index (κ3) is 6.93. The van der Waals surface area contributed by atoms with Gasteiger partial charge < -0.3 is 15.2 Å². The zero-order valence-corrected chi connectivity index (χ0v) is 18.2. The molecule has 0 aromatic heterocycles. The fraction of sp³-hybridized carbons (Fsp3) is 0.333. The second-order valence-corrected chi connectivity index (χ2v) is 7.93. The lowest BCUT2D eigenvalue weighted by Crippen LogP contribution is -2.02. The van der Waals surface area contributed by atoms with Crippen LogP contribution >= 0.6 is 0 Å². The van der Waals surface area contributed by atoms with E-state index in [1.165, 1.54) is 16.7 Å². The lowest BCUT2D eigenvalue weighted by atomic mass is 10.1. The maximum absolute atomic E-state index is 6.19. The Labute approximate surface area is 180 Å². The van der Waals surface area contributed by atoms with Crippen molar-refractivity contribution < 1.29 is 9.47 Å². The van der Waals surface area contributed by atoms with Gasteiger partial charge in [-0.15, -0.1) is 0 Å². The van der Waals surface area contributed by atoms with Crippen molar-refractivity contribution >= 4 is 0 Å². The normalized spacial score (nSPS) is 10.8. The van der Waals surface area contributed by atoms with Crippen LogP contribution in [0, 0.1) is 13.8 Å². The van der Waals surface area contributed by atoms with Gasteiger partial charge in [0, 0.05) is 0 Å². The van der Waals surface area contributed by atoms with Crippen molar-refractivity contribution in [2.24, 2.45) is 5.73 Å². The van der Waals surface area contributed by atoms with E-state index in [1.807, 2.05) is 6.07 Å². The second kappa shape index (κ2) is 11.4. The van der Waals surface area contributed by atoms with Gasteiger partial charge >= 0.3 is 0 Å². The maximum Gasteiger partial charge on any atom is 0.161 e. The summed E-state index contributed by atoms with van der Waals surface area (Å²) in [7, 11) is 0. The van der Waals surface area contributed by atoms with Gasteiger partial charge in [0.2, 0.25) is 0 Å². The zero-order chi connectivity index (χ0) is 21.2. The molecule has 3 nitrogen and oxygen atoms in total. The van der Waals surface area contributed by atoms with Crippen LogP contribution in [-0.4, -0.2) is 6.54 Å². The Balaban J connectivity index is 1.69. The molecular weight excluding hydrogens is 370 g/mol. The van der Waals surface area contributed by atoms with Crippen LogP contribution in [0.15, 0.2) is 66.7 Å². The molecule has 0 fully saturated rings. The van der Waals surface area contributed by atoms with Gasteiger partial charge in [0.1, 0.15) is 13.2 Å². The van der Waals surface area contributed by atoms with E-state index in [4.69, 9.17) is 15.2 Å². The van der Waals surface area contributed by atoms with Crippen molar-refractivity contribution in [1.29, 1.82) is 0 Å². The molecule has 0 heterocycles. The average Bonchev–Trinajstić information content (AvgIpc) is 2.76. The fourth-order valence-electron chi connectivity index (χ4n) is 3.28. The van der Waals surface area contributed by atoms with Crippen molar-refractivity contribution in [1.82, 2.24) is 0 Å². The summed E-state index contributed by atoms with van der Waals surface area (Å²) in [5.41, 5.74) is 11.7. The van der Waals surface area contributed by atoms with E-state index in [0.717, 1.165) is 54.9 Å². The molecule has 0 bridgehead atoms. The van der Waals surface area contributed by atoms with Gasteiger partial charge in [-0.2, -0.15) is 0 Å². The van der Waals surface area contributed by atoms with Crippen molar-refractivity contribution in [2.45, 2.75) is 52.7 Å². The highest BCUT2D eigenvalue weighted by Crippen LogP contribution is 2.31. The van der Waals surface area contributed by atoms with Gasteiger partial charge in [0.25, 0.3) is 0 Å². The molecule has 0 saturated carbocycles. The smallest absolute Gasteiger partial charge is 0.161 e. The van der Waals surface area contributed by atoms with E-state index in [9.17, 15) is 0 Å². The van der Waals surface area contributed by atoms with Gasteiger partial charge in [-0.3, -0.25) is 0 Å². The molecule has 0 atom stereocenters. The Hall–Kier alpha value is -2.78. The minimum absolute atomic E-state index is 0.525. The van der Waals surface area contributed by atoms with Crippen molar-refractivity contribution in [2.75, 3.05) is 6.54 Å². The van der Waals surface area contributed by atoms with Crippen LogP contribution in [0.1, 0.15) is 47.1 Å². The monoisotopic (exact) mass is 403 g/mol. The van der Waals surface area contributed by atoms with Crippen LogP contribution in [0.3, 0.4) is 0 Å².